The molecule has 0 fully saturated rings. The normalized spacial score (nSPS) is 20.1. The number of unbranched alkanes of at least 4 members (excludes halogenated alkanes) is 2. The van der Waals surface area contributed by atoms with Gasteiger partial charge in [-0.3, -0.25) is 4.99 Å². The van der Waals surface area contributed by atoms with Crippen LogP contribution in [0.2, 0.25) is 0 Å². The molecule has 2 unspecified atom stereocenters. The smallest absolute Gasteiger partial charge is 0.157 e. The Balaban J connectivity index is 1.75. The molecular formula is C16H24N2S. The lowest BCUT2D eigenvalue weighted by molar-refractivity contribution is 0.557. The van der Waals surface area contributed by atoms with Crippen molar-refractivity contribution in [3.05, 3.63) is 35.9 Å². The summed E-state index contributed by atoms with van der Waals surface area (Å²) in [6.45, 7) is 5.41. The number of amidine groups is 1. The lowest BCUT2D eigenvalue weighted by Gasteiger charge is -2.15. The first kappa shape index (κ1) is 14.4. The molecule has 1 aromatic carbocycles. The molecule has 3 heteroatoms. The minimum atomic E-state index is 0.492. The van der Waals surface area contributed by atoms with Gasteiger partial charge in [0, 0.05) is 6.04 Å². The lowest BCUT2D eigenvalue weighted by Crippen LogP contribution is -2.29. The fraction of sp³-hybridized carbons (Fsp3) is 0.562. The van der Waals surface area contributed by atoms with Gasteiger partial charge in [-0.25, -0.2) is 0 Å². The number of benzene rings is 1. The minimum absolute atomic E-state index is 0.492. The molecule has 2 rings (SSSR count). The maximum atomic E-state index is 4.63. The van der Waals surface area contributed by atoms with Gasteiger partial charge in [0.05, 0.1) is 11.8 Å². The van der Waals surface area contributed by atoms with Gasteiger partial charge in [0.15, 0.2) is 5.17 Å². The Morgan fingerprint density at radius 3 is 2.84 bits per heavy atom. The van der Waals surface area contributed by atoms with Crippen LogP contribution in [0.3, 0.4) is 0 Å². The molecule has 0 saturated carbocycles. The first-order chi connectivity index (χ1) is 9.29. The predicted molar refractivity (Wildman–Crippen MR) is 85.8 cm³/mol. The number of rotatable bonds is 6. The highest BCUT2D eigenvalue weighted by Crippen LogP contribution is 2.34. The SMILES string of the molecule is CCCCCC(C)NC1=NCC(c2ccccc2)S1. The van der Waals surface area contributed by atoms with Gasteiger partial charge in [-0.05, 0) is 18.9 Å². The van der Waals surface area contributed by atoms with Crippen molar-refractivity contribution in [1.29, 1.82) is 0 Å². The van der Waals surface area contributed by atoms with Crippen LogP contribution in [0.25, 0.3) is 0 Å². The van der Waals surface area contributed by atoms with Gasteiger partial charge in [-0.15, -0.1) is 0 Å². The highest BCUT2D eigenvalue weighted by atomic mass is 32.2. The van der Waals surface area contributed by atoms with Crippen molar-refractivity contribution < 1.29 is 0 Å². The molecule has 0 bridgehead atoms. The van der Waals surface area contributed by atoms with E-state index in [1.165, 1.54) is 31.2 Å². The lowest BCUT2D eigenvalue weighted by atomic mass is 10.1. The van der Waals surface area contributed by atoms with Gasteiger partial charge in [-0.1, -0.05) is 68.3 Å². The molecule has 1 aliphatic rings. The second-order valence-electron chi connectivity index (χ2n) is 5.20. The van der Waals surface area contributed by atoms with Crippen molar-refractivity contribution in [2.75, 3.05) is 6.54 Å². The molecule has 0 aromatic heterocycles. The van der Waals surface area contributed by atoms with E-state index in [0.29, 0.717) is 11.3 Å². The Morgan fingerprint density at radius 1 is 1.32 bits per heavy atom. The van der Waals surface area contributed by atoms with Crippen LogP contribution in [-0.4, -0.2) is 17.8 Å². The Bertz CT molecular complexity index is 402. The molecule has 0 spiro atoms. The zero-order valence-electron chi connectivity index (χ0n) is 11.9. The topological polar surface area (TPSA) is 24.4 Å². The Kier molecular flexibility index (Phi) is 5.77. The number of aliphatic imine (C=N–C) groups is 1. The van der Waals surface area contributed by atoms with Crippen LogP contribution in [-0.2, 0) is 0 Å². The monoisotopic (exact) mass is 276 g/mol. The van der Waals surface area contributed by atoms with E-state index >= 15 is 0 Å². The maximum Gasteiger partial charge on any atom is 0.157 e. The summed E-state index contributed by atoms with van der Waals surface area (Å²) in [5, 5.41) is 5.17. The molecule has 2 atom stereocenters. The third-order valence-corrected chi connectivity index (χ3v) is 4.61. The van der Waals surface area contributed by atoms with Gasteiger partial charge >= 0.3 is 0 Å². The van der Waals surface area contributed by atoms with E-state index in [0.717, 1.165) is 11.7 Å². The largest absolute Gasteiger partial charge is 0.362 e. The predicted octanol–water partition coefficient (Wildman–Crippen LogP) is 4.39. The molecule has 1 N–H and O–H groups in total. The average molecular weight is 276 g/mol. The molecule has 104 valence electrons. The Labute approximate surface area is 121 Å². The molecule has 2 nitrogen and oxygen atoms in total. The summed E-state index contributed by atoms with van der Waals surface area (Å²) in [5.74, 6) is 0. The molecule has 0 radical (unpaired) electrons. The van der Waals surface area contributed by atoms with Gasteiger partial charge in [-0.2, -0.15) is 0 Å². The van der Waals surface area contributed by atoms with E-state index in [4.69, 9.17) is 0 Å². The minimum Gasteiger partial charge on any atom is -0.362 e. The summed E-state index contributed by atoms with van der Waals surface area (Å²) in [7, 11) is 0. The fourth-order valence-corrected chi connectivity index (χ4v) is 3.41. The number of nitrogens with zero attached hydrogens (tertiary/aromatic N) is 1. The summed E-state index contributed by atoms with van der Waals surface area (Å²) < 4.78 is 0. The fourth-order valence-electron chi connectivity index (χ4n) is 2.28. The average Bonchev–Trinajstić information content (AvgIpc) is 2.88. The zero-order chi connectivity index (χ0) is 13.5. The first-order valence-electron chi connectivity index (χ1n) is 7.32. The van der Waals surface area contributed by atoms with Crippen LogP contribution in [0.4, 0.5) is 0 Å². The van der Waals surface area contributed by atoms with Crippen LogP contribution < -0.4 is 5.32 Å². The maximum absolute atomic E-state index is 4.63. The summed E-state index contributed by atoms with van der Waals surface area (Å²) in [4.78, 5) is 4.63. The molecule has 1 aliphatic heterocycles. The van der Waals surface area contributed by atoms with Gasteiger partial charge < -0.3 is 5.32 Å². The van der Waals surface area contributed by atoms with E-state index < -0.39 is 0 Å². The number of nitrogens with one attached hydrogen (secondary N) is 1. The standard InChI is InChI=1S/C16H24N2S/c1-3-4-6-9-13(2)18-16-17-12-15(19-16)14-10-7-5-8-11-14/h5,7-8,10-11,13,15H,3-4,6,9,12H2,1-2H3,(H,17,18). The number of thioether (sulfide) groups is 1. The first-order valence-corrected chi connectivity index (χ1v) is 8.20. The van der Waals surface area contributed by atoms with Crippen molar-refractivity contribution in [3.63, 3.8) is 0 Å². The molecular weight excluding hydrogens is 252 g/mol. The molecule has 1 aromatic rings. The van der Waals surface area contributed by atoms with Gasteiger partial charge in [0.2, 0.25) is 0 Å². The van der Waals surface area contributed by atoms with Crippen molar-refractivity contribution in [1.82, 2.24) is 5.32 Å². The third kappa shape index (κ3) is 4.57. The number of hydrogen-bond donors (Lipinski definition) is 1. The molecule has 0 saturated heterocycles. The zero-order valence-corrected chi connectivity index (χ0v) is 12.7. The quantitative estimate of drug-likeness (QED) is 0.779. The summed E-state index contributed by atoms with van der Waals surface area (Å²) in [6.07, 6.45) is 5.17. The second kappa shape index (κ2) is 7.59. The highest BCUT2D eigenvalue weighted by molar-refractivity contribution is 8.14. The third-order valence-electron chi connectivity index (χ3n) is 3.44. The summed E-state index contributed by atoms with van der Waals surface area (Å²) in [6, 6.07) is 11.2. The van der Waals surface area contributed by atoms with Crippen molar-refractivity contribution in [3.8, 4) is 0 Å². The van der Waals surface area contributed by atoms with E-state index in [1.807, 2.05) is 11.8 Å². The van der Waals surface area contributed by atoms with Crippen LogP contribution in [0.1, 0.15) is 50.3 Å². The van der Waals surface area contributed by atoms with Crippen molar-refractivity contribution in [2.24, 2.45) is 4.99 Å². The molecule has 0 amide bonds. The molecule has 19 heavy (non-hydrogen) atoms. The van der Waals surface area contributed by atoms with Gasteiger partial charge in [0.1, 0.15) is 0 Å². The summed E-state index contributed by atoms with van der Waals surface area (Å²) >= 11 is 1.87. The Hall–Kier alpha value is -0.960. The van der Waals surface area contributed by atoms with E-state index in [2.05, 4.69) is 54.5 Å². The Morgan fingerprint density at radius 2 is 2.11 bits per heavy atom. The van der Waals surface area contributed by atoms with Crippen molar-refractivity contribution >= 4 is 16.9 Å². The summed E-state index contributed by atoms with van der Waals surface area (Å²) in [5.41, 5.74) is 1.38. The van der Waals surface area contributed by atoms with Gasteiger partial charge in [0.25, 0.3) is 0 Å². The van der Waals surface area contributed by atoms with Crippen LogP contribution in [0.15, 0.2) is 35.3 Å². The molecule has 1 heterocycles. The highest BCUT2D eigenvalue weighted by Gasteiger charge is 2.21. The second-order valence-corrected chi connectivity index (χ2v) is 6.40. The van der Waals surface area contributed by atoms with E-state index in [1.54, 1.807) is 0 Å². The van der Waals surface area contributed by atoms with E-state index in [9.17, 15) is 0 Å². The van der Waals surface area contributed by atoms with Crippen LogP contribution in [0.5, 0.6) is 0 Å². The molecule has 0 aliphatic carbocycles. The van der Waals surface area contributed by atoms with Crippen LogP contribution in [0, 0.1) is 0 Å². The van der Waals surface area contributed by atoms with Crippen LogP contribution >= 0.6 is 11.8 Å². The van der Waals surface area contributed by atoms with Crippen molar-refractivity contribution in [2.45, 2.75) is 50.8 Å². The van der Waals surface area contributed by atoms with E-state index in [-0.39, 0.29) is 0 Å². The number of hydrogen-bond acceptors (Lipinski definition) is 3.